The summed E-state index contributed by atoms with van der Waals surface area (Å²) in [6, 6.07) is 4.23. The first-order valence-corrected chi connectivity index (χ1v) is 8.13. The van der Waals surface area contributed by atoms with Gasteiger partial charge < -0.3 is 9.47 Å². The minimum absolute atomic E-state index is 0.0678. The lowest BCUT2D eigenvalue weighted by molar-refractivity contribution is -0.385. The highest BCUT2D eigenvalue weighted by Gasteiger charge is 2.26. The lowest BCUT2D eigenvalue weighted by Gasteiger charge is -2.19. The Labute approximate surface area is 141 Å². The van der Waals surface area contributed by atoms with Gasteiger partial charge in [0.05, 0.1) is 11.0 Å². The van der Waals surface area contributed by atoms with Crippen molar-refractivity contribution in [3.8, 4) is 5.75 Å². The van der Waals surface area contributed by atoms with Crippen molar-refractivity contribution in [1.29, 1.82) is 0 Å². The summed E-state index contributed by atoms with van der Waals surface area (Å²) in [6.07, 6.45) is 2.41. The lowest BCUT2D eigenvalue weighted by atomic mass is 10.1. The second kappa shape index (κ2) is 7.61. The molecular formula is C17H24N2O5. The van der Waals surface area contributed by atoms with Crippen molar-refractivity contribution in [2.24, 2.45) is 0 Å². The lowest BCUT2D eigenvalue weighted by Crippen LogP contribution is -2.25. The molecule has 24 heavy (non-hydrogen) atoms. The average Bonchev–Trinajstić information content (AvgIpc) is 2.98. The number of hydrogen-bond acceptors (Lipinski definition) is 6. The van der Waals surface area contributed by atoms with Crippen LogP contribution < -0.4 is 4.74 Å². The van der Waals surface area contributed by atoms with Gasteiger partial charge in [-0.3, -0.25) is 15.0 Å². The van der Waals surface area contributed by atoms with Crippen molar-refractivity contribution in [3.63, 3.8) is 0 Å². The zero-order valence-electron chi connectivity index (χ0n) is 14.4. The van der Waals surface area contributed by atoms with E-state index >= 15 is 0 Å². The number of carbonyl (C=O) groups is 1. The first-order valence-electron chi connectivity index (χ1n) is 8.13. The summed E-state index contributed by atoms with van der Waals surface area (Å²) < 4.78 is 10.8. The van der Waals surface area contributed by atoms with Crippen LogP contribution in [0.5, 0.6) is 5.75 Å². The molecule has 0 N–H and O–H groups in total. The van der Waals surface area contributed by atoms with Gasteiger partial charge in [0.15, 0.2) is 0 Å². The van der Waals surface area contributed by atoms with Crippen LogP contribution in [0.3, 0.4) is 0 Å². The molecule has 0 radical (unpaired) electrons. The molecular weight excluding hydrogens is 312 g/mol. The monoisotopic (exact) mass is 336 g/mol. The summed E-state index contributed by atoms with van der Waals surface area (Å²) >= 11 is 0. The zero-order valence-corrected chi connectivity index (χ0v) is 14.4. The molecule has 1 heterocycles. The van der Waals surface area contributed by atoms with E-state index in [0.717, 1.165) is 19.6 Å². The van der Waals surface area contributed by atoms with Crippen LogP contribution in [0.15, 0.2) is 18.2 Å². The Morgan fingerprint density at radius 3 is 2.54 bits per heavy atom. The van der Waals surface area contributed by atoms with Gasteiger partial charge in [-0.25, -0.2) is 4.79 Å². The predicted octanol–water partition coefficient (Wildman–Crippen LogP) is 3.02. The fourth-order valence-electron chi connectivity index (χ4n) is 2.56. The van der Waals surface area contributed by atoms with Gasteiger partial charge in [-0.15, -0.1) is 0 Å². The number of hydrogen-bond donors (Lipinski definition) is 0. The quantitative estimate of drug-likeness (QED) is 0.451. The third kappa shape index (κ3) is 5.19. The number of ether oxygens (including phenoxy) is 2. The van der Waals surface area contributed by atoms with E-state index in [9.17, 15) is 14.9 Å². The minimum atomic E-state index is -0.712. The van der Waals surface area contributed by atoms with Gasteiger partial charge in [0.25, 0.3) is 5.69 Å². The predicted molar refractivity (Wildman–Crippen MR) is 89.4 cm³/mol. The number of benzene rings is 1. The zero-order chi connectivity index (χ0) is 17.7. The van der Waals surface area contributed by atoms with E-state index in [-0.39, 0.29) is 11.3 Å². The molecule has 1 aliphatic heterocycles. The summed E-state index contributed by atoms with van der Waals surface area (Å²) in [4.78, 5) is 25.1. The molecule has 1 aliphatic rings. The SMILES string of the molecule is CC(C)(C)OC(=O)c1ccc(OCCN2CCCC2)cc1[N+](=O)[O-]. The highest BCUT2D eigenvalue weighted by molar-refractivity contribution is 5.94. The maximum absolute atomic E-state index is 12.1. The van der Waals surface area contributed by atoms with Crippen LogP contribution in [0.2, 0.25) is 0 Å². The van der Waals surface area contributed by atoms with Gasteiger partial charge in [-0.05, 0) is 58.8 Å². The van der Waals surface area contributed by atoms with Crippen LogP contribution in [0.4, 0.5) is 5.69 Å². The van der Waals surface area contributed by atoms with Crippen LogP contribution in [0.25, 0.3) is 0 Å². The van der Waals surface area contributed by atoms with E-state index in [1.807, 2.05) is 0 Å². The number of nitro benzene ring substituents is 1. The molecule has 2 rings (SSSR count). The van der Waals surface area contributed by atoms with Crippen molar-refractivity contribution in [2.75, 3.05) is 26.2 Å². The Hall–Kier alpha value is -2.15. The Kier molecular flexibility index (Phi) is 5.77. The Morgan fingerprint density at radius 2 is 1.96 bits per heavy atom. The van der Waals surface area contributed by atoms with E-state index in [2.05, 4.69) is 4.90 Å². The maximum atomic E-state index is 12.1. The Bertz CT molecular complexity index is 603. The number of nitro groups is 1. The second-order valence-corrected chi connectivity index (χ2v) is 6.84. The van der Waals surface area contributed by atoms with Crippen molar-refractivity contribution >= 4 is 11.7 Å². The summed E-state index contributed by atoms with van der Waals surface area (Å²) in [7, 11) is 0. The van der Waals surface area contributed by atoms with Crippen LogP contribution in [0.1, 0.15) is 44.0 Å². The second-order valence-electron chi connectivity index (χ2n) is 6.84. The van der Waals surface area contributed by atoms with E-state index in [0.29, 0.717) is 12.4 Å². The smallest absolute Gasteiger partial charge is 0.345 e. The van der Waals surface area contributed by atoms with Gasteiger partial charge in [-0.2, -0.15) is 0 Å². The molecule has 1 aromatic carbocycles. The van der Waals surface area contributed by atoms with Gasteiger partial charge in [-0.1, -0.05) is 0 Å². The standard InChI is InChI=1S/C17H24N2O5/c1-17(2,3)24-16(20)14-7-6-13(12-15(14)19(21)22)23-11-10-18-8-4-5-9-18/h6-7,12H,4-5,8-11H2,1-3H3. The number of esters is 1. The Balaban J connectivity index is 2.05. The number of nitrogens with zero attached hydrogens (tertiary/aromatic N) is 2. The molecule has 132 valence electrons. The first-order chi connectivity index (χ1) is 11.3. The summed E-state index contributed by atoms with van der Waals surface area (Å²) in [5.74, 6) is -0.328. The van der Waals surface area contributed by atoms with Crippen molar-refractivity contribution in [2.45, 2.75) is 39.2 Å². The third-order valence-corrected chi connectivity index (χ3v) is 3.66. The molecule has 0 spiro atoms. The number of rotatable bonds is 6. The van der Waals surface area contributed by atoms with Crippen molar-refractivity contribution in [1.82, 2.24) is 4.90 Å². The highest BCUT2D eigenvalue weighted by atomic mass is 16.6. The average molecular weight is 336 g/mol. The maximum Gasteiger partial charge on any atom is 0.345 e. The molecule has 0 aromatic heterocycles. The fraction of sp³-hybridized carbons (Fsp3) is 0.588. The van der Waals surface area contributed by atoms with Crippen LogP contribution >= 0.6 is 0 Å². The van der Waals surface area contributed by atoms with E-state index in [1.54, 1.807) is 26.8 Å². The molecule has 0 saturated carbocycles. The van der Waals surface area contributed by atoms with Gasteiger partial charge >= 0.3 is 5.97 Å². The Morgan fingerprint density at radius 1 is 1.29 bits per heavy atom. The highest BCUT2D eigenvalue weighted by Crippen LogP contribution is 2.26. The molecule has 1 saturated heterocycles. The largest absolute Gasteiger partial charge is 0.492 e. The summed E-state index contributed by atoms with van der Waals surface area (Å²) in [5, 5.41) is 11.3. The van der Waals surface area contributed by atoms with E-state index in [1.165, 1.54) is 25.0 Å². The number of carbonyl (C=O) groups excluding carboxylic acids is 1. The van der Waals surface area contributed by atoms with E-state index < -0.39 is 16.5 Å². The first kappa shape index (κ1) is 18.2. The van der Waals surface area contributed by atoms with Gasteiger partial charge in [0.2, 0.25) is 0 Å². The molecule has 1 aromatic rings. The van der Waals surface area contributed by atoms with Crippen molar-refractivity contribution < 1.29 is 19.2 Å². The minimum Gasteiger partial charge on any atom is -0.492 e. The molecule has 7 nitrogen and oxygen atoms in total. The van der Waals surface area contributed by atoms with E-state index in [4.69, 9.17) is 9.47 Å². The molecule has 7 heteroatoms. The fourth-order valence-corrected chi connectivity index (χ4v) is 2.56. The molecule has 0 aliphatic carbocycles. The molecule has 0 atom stereocenters. The number of likely N-dealkylation sites (tertiary alicyclic amines) is 1. The molecule has 0 amide bonds. The molecule has 0 unspecified atom stereocenters. The normalized spacial score (nSPS) is 15.3. The van der Waals surface area contributed by atoms with Crippen LogP contribution in [-0.2, 0) is 4.74 Å². The molecule has 1 fully saturated rings. The molecule has 0 bridgehead atoms. The van der Waals surface area contributed by atoms with Crippen molar-refractivity contribution in [3.05, 3.63) is 33.9 Å². The van der Waals surface area contributed by atoms with Crippen LogP contribution in [-0.4, -0.2) is 47.6 Å². The van der Waals surface area contributed by atoms with Gasteiger partial charge in [0, 0.05) is 6.54 Å². The summed E-state index contributed by atoms with van der Waals surface area (Å²) in [6.45, 7) is 8.54. The van der Waals surface area contributed by atoms with Gasteiger partial charge in [0.1, 0.15) is 23.5 Å². The summed E-state index contributed by atoms with van der Waals surface area (Å²) in [5.41, 5.74) is -1.08. The topological polar surface area (TPSA) is 81.9 Å². The van der Waals surface area contributed by atoms with Crippen LogP contribution in [0, 0.1) is 10.1 Å². The third-order valence-electron chi connectivity index (χ3n) is 3.66.